The van der Waals surface area contributed by atoms with Crippen molar-refractivity contribution < 1.29 is 9.59 Å². The van der Waals surface area contributed by atoms with Gasteiger partial charge in [-0.25, -0.2) is 4.98 Å². The van der Waals surface area contributed by atoms with Crippen LogP contribution in [-0.4, -0.2) is 16.8 Å². The normalized spacial score (nSPS) is 12.5. The zero-order chi connectivity index (χ0) is 19.5. The first kappa shape index (κ1) is 18.4. The fraction of sp³-hybridized carbons (Fsp3) is 0.227. The number of amides is 2. The summed E-state index contributed by atoms with van der Waals surface area (Å²) in [5, 5.41) is 8.14. The molecule has 2 amide bonds. The van der Waals surface area contributed by atoms with Gasteiger partial charge in [-0.15, -0.1) is 11.3 Å². The molecule has 0 spiro atoms. The van der Waals surface area contributed by atoms with Gasteiger partial charge >= 0.3 is 0 Å². The summed E-state index contributed by atoms with van der Waals surface area (Å²) in [5.74, 6) is -0.158. The number of carbonyl (C=O) groups is 2. The molecule has 2 aromatic carbocycles. The van der Waals surface area contributed by atoms with E-state index in [1.165, 1.54) is 35.8 Å². The van der Waals surface area contributed by atoms with Gasteiger partial charge in [-0.1, -0.05) is 30.3 Å². The molecule has 3 aromatic rings. The van der Waals surface area contributed by atoms with E-state index < -0.39 is 0 Å². The molecule has 0 radical (unpaired) electrons. The van der Waals surface area contributed by atoms with Crippen LogP contribution in [0.15, 0.2) is 47.8 Å². The smallest absolute Gasteiger partial charge is 0.230 e. The van der Waals surface area contributed by atoms with Crippen molar-refractivity contribution in [3.63, 3.8) is 0 Å². The Morgan fingerprint density at radius 2 is 1.82 bits per heavy atom. The summed E-state index contributed by atoms with van der Waals surface area (Å²) in [7, 11) is 0. The third kappa shape index (κ3) is 4.28. The second kappa shape index (κ2) is 7.94. The van der Waals surface area contributed by atoms with E-state index in [0.29, 0.717) is 11.6 Å². The fourth-order valence-corrected chi connectivity index (χ4v) is 4.21. The van der Waals surface area contributed by atoms with E-state index in [4.69, 9.17) is 0 Å². The third-order valence-electron chi connectivity index (χ3n) is 4.78. The number of nitrogens with zero attached hydrogens (tertiary/aromatic N) is 1. The van der Waals surface area contributed by atoms with E-state index in [0.717, 1.165) is 35.3 Å². The van der Waals surface area contributed by atoms with Crippen LogP contribution >= 0.6 is 11.3 Å². The number of thiazole rings is 1. The zero-order valence-corrected chi connectivity index (χ0v) is 16.4. The molecule has 5 nitrogen and oxygen atoms in total. The van der Waals surface area contributed by atoms with E-state index in [1.54, 1.807) is 0 Å². The Balaban J connectivity index is 1.39. The van der Waals surface area contributed by atoms with Gasteiger partial charge in [-0.05, 0) is 48.1 Å². The fourth-order valence-electron chi connectivity index (χ4n) is 3.48. The van der Waals surface area contributed by atoms with Gasteiger partial charge in [0.25, 0.3) is 0 Å². The van der Waals surface area contributed by atoms with Gasteiger partial charge in [-0.3, -0.25) is 9.59 Å². The number of aromatic nitrogens is 1. The third-order valence-corrected chi connectivity index (χ3v) is 5.54. The lowest BCUT2D eigenvalue weighted by molar-refractivity contribution is -0.116. The van der Waals surface area contributed by atoms with Crippen LogP contribution in [0, 0.1) is 0 Å². The lowest BCUT2D eigenvalue weighted by Crippen LogP contribution is -2.14. The number of fused-ring (bicyclic) bond motifs is 1. The average Bonchev–Trinajstić information content (AvgIpc) is 3.30. The second-order valence-corrected chi connectivity index (χ2v) is 7.84. The highest BCUT2D eigenvalue weighted by Crippen LogP contribution is 2.27. The first-order valence-electron chi connectivity index (χ1n) is 9.31. The number of nitrogens with one attached hydrogen (secondary N) is 2. The Kier molecular flexibility index (Phi) is 5.21. The van der Waals surface area contributed by atoms with Gasteiger partial charge in [0.2, 0.25) is 11.8 Å². The van der Waals surface area contributed by atoms with Crippen LogP contribution < -0.4 is 10.6 Å². The summed E-state index contributed by atoms with van der Waals surface area (Å²) in [6.07, 6.45) is 3.82. The molecular weight excluding hydrogens is 370 g/mol. The second-order valence-electron chi connectivity index (χ2n) is 6.98. The lowest BCUT2D eigenvalue weighted by Gasteiger charge is -2.05. The van der Waals surface area contributed by atoms with Crippen molar-refractivity contribution in [3.8, 4) is 11.3 Å². The molecule has 0 saturated carbocycles. The maximum absolute atomic E-state index is 12.4. The lowest BCUT2D eigenvalue weighted by atomic mass is 10.0. The van der Waals surface area contributed by atoms with Crippen LogP contribution in [0.5, 0.6) is 0 Å². The Bertz CT molecular complexity index is 1020. The molecular formula is C22H21N3O2S. The van der Waals surface area contributed by atoms with E-state index in [9.17, 15) is 9.59 Å². The minimum absolute atomic E-state index is 0.0557. The van der Waals surface area contributed by atoms with Gasteiger partial charge < -0.3 is 10.6 Å². The molecule has 1 aliphatic carbocycles. The quantitative estimate of drug-likeness (QED) is 0.675. The average molecular weight is 391 g/mol. The predicted molar refractivity (Wildman–Crippen MR) is 113 cm³/mol. The van der Waals surface area contributed by atoms with Crippen LogP contribution in [0.2, 0.25) is 0 Å². The largest absolute Gasteiger partial charge is 0.326 e. The summed E-state index contributed by atoms with van der Waals surface area (Å²) in [4.78, 5) is 28.0. The summed E-state index contributed by atoms with van der Waals surface area (Å²) in [6, 6.07) is 13.8. The first-order chi connectivity index (χ1) is 13.6. The number of rotatable bonds is 5. The number of hydrogen-bond acceptors (Lipinski definition) is 4. The number of anilines is 2. The maximum atomic E-state index is 12.4. The summed E-state index contributed by atoms with van der Waals surface area (Å²) in [6.45, 7) is 1.48. The molecule has 0 unspecified atom stereocenters. The van der Waals surface area contributed by atoms with Crippen LogP contribution in [0.3, 0.4) is 0 Å². The van der Waals surface area contributed by atoms with Crippen molar-refractivity contribution in [1.82, 2.24) is 4.98 Å². The Labute approximate surface area is 167 Å². The van der Waals surface area contributed by atoms with Crippen LogP contribution in [0.1, 0.15) is 30.0 Å². The minimum Gasteiger partial charge on any atom is -0.326 e. The molecule has 28 heavy (non-hydrogen) atoms. The zero-order valence-electron chi connectivity index (χ0n) is 15.6. The highest BCUT2D eigenvalue weighted by molar-refractivity contribution is 7.14. The Morgan fingerprint density at radius 1 is 1.04 bits per heavy atom. The molecule has 0 bridgehead atoms. The van der Waals surface area contributed by atoms with Crippen molar-refractivity contribution in [1.29, 1.82) is 0 Å². The van der Waals surface area contributed by atoms with E-state index >= 15 is 0 Å². The number of benzene rings is 2. The van der Waals surface area contributed by atoms with Crippen molar-refractivity contribution >= 4 is 34.0 Å². The Morgan fingerprint density at radius 3 is 2.61 bits per heavy atom. The number of carbonyl (C=O) groups excluding carboxylic acids is 2. The molecule has 6 heteroatoms. The summed E-state index contributed by atoms with van der Waals surface area (Å²) in [5.41, 5.74) is 6.32. The minimum atomic E-state index is -0.102. The molecule has 1 aliphatic rings. The van der Waals surface area contributed by atoms with Crippen molar-refractivity contribution in [3.05, 3.63) is 64.5 Å². The predicted octanol–water partition coefficient (Wildman–Crippen LogP) is 4.44. The van der Waals surface area contributed by atoms with Gasteiger partial charge in [0.05, 0.1) is 12.1 Å². The highest BCUT2D eigenvalue weighted by Gasteiger charge is 2.13. The van der Waals surface area contributed by atoms with Crippen molar-refractivity contribution in [2.75, 3.05) is 10.6 Å². The SMILES string of the molecule is CC(=O)Nc1ccc(-c2csc(NC(=O)Cc3ccc4c(c3)CCC4)n2)cc1. The van der Waals surface area contributed by atoms with Crippen LogP contribution in [0.4, 0.5) is 10.8 Å². The van der Waals surface area contributed by atoms with Gasteiger partial charge in [0.15, 0.2) is 5.13 Å². The van der Waals surface area contributed by atoms with Crippen molar-refractivity contribution in [2.24, 2.45) is 0 Å². The van der Waals surface area contributed by atoms with Crippen molar-refractivity contribution in [2.45, 2.75) is 32.6 Å². The summed E-state index contributed by atoms with van der Waals surface area (Å²) >= 11 is 1.41. The van der Waals surface area contributed by atoms with E-state index in [2.05, 4.69) is 27.8 Å². The van der Waals surface area contributed by atoms with Crippen LogP contribution in [-0.2, 0) is 28.9 Å². The summed E-state index contributed by atoms with van der Waals surface area (Å²) < 4.78 is 0. The van der Waals surface area contributed by atoms with E-state index in [1.807, 2.05) is 35.7 Å². The first-order valence-corrected chi connectivity index (χ1v) is 10.2. The molecule has 0 atom stereocenters. The topological polar surface area (TPSA) is 71.1 Å². The number of hydrogen-bond donors (Lipinski definition) is 2. The molecule has 0 fully saturated rings. The maximum Gasteiger partial charge on any atom is 0.230 e. The molecule has 0 saturated heterocycles. The van der Waals surface area contributed by atoms with Crippen LogP contribution in [0.25, 0.3) is 11.3 Å². The van der Waals surface area contributed by atoms with Gasteiger partial charge in [0.1, 0.15) is 0 Å². The molecule has 1 heterocycles. The highest BCUT2D eigenvalue weighted by atomic mass is 32.1. The standard InChI is InChI=1S/C22H21N3O2S/c1-14(26)23-19-9-7-17(8-10-19)20-13-28-22(24-20)25-21(27)12-15-5-6-16-3-2-4-18(16)11-15/h5-11,13H,2-4,12H2,1H3,(H,23,26)(H,24,25,27). The van der Waals surface area contributed by atoms with Gasteiger partial charge in [0, 0.05) is 23.6 Å². The molecule has 2 N–H and O–H groups in total. The monoisotopic (exact) mass is 391 g/mol. The molecule has 0 aliphatic heterocycles. The molecule has 142 valence electrons. The molecule has 1 aromatic heterocycles. The molecule has 4 rings (SSSR count). The van der Waals surface area contributed by atoms with Gasteiger partial charge in [-0.2, -0.15) is 0 Å². The number of aryl methyl sites for hydroxylation is 2. The Hall–Kier alpha value is -2.99. The van der Waals surface area contributed by atoms with E-state index in [-0.39, 0.29) is 11.8 Å².